The molecular formula is C36H38N2O6. The Morgan fingerprint density at radius 2 is 1.52 bits per heavy atom. The zero-order valence-electron chi connectivity index (χ0n) is 25.1. The van der Waals surface area contributed by atoms with E-state index in [1.54, 1.807) is 37.4 Å². The van der Waals surface area contributed by atoms with Gasteiger partial charge in [-0.3, -0.25) is 9.59 Å². The van der Waals surface area contributed by atoms with Gasteiger partial charge in [0.05, 0.1) is 20.8 Å². The molecule has 0 bridgehead atoms. The number of amides is 1. The van der Waals surface area contributed by atoms with Crippen molar-refractivity contribution in [3.05, 3.63) is 125 Å². The third kappa shape index (κ3) is 9.46. The van der Waals surface area contributed by atoms with Crippen molar-refractivity contribution in [2.75, 3.05) is 32.7 Å². The number of anilines is 1. The molecule has 0 radical (unpaired) electrons. The number of carbonyl (C=O) groups excluding carboxylic acids is 3. The van der Waals surface area contributed by atoms with Gasteiger partial charge < -0.3 is 24.8 Å². The minimum Gasteiger partial charge on any atom is -0.497 e. The van der Waals surface area contributed by atoms with Crippen LogP contribution in [0.3, 0.4) is 0 Å². The standard InChI is InChI=1S/C36H38N2O6/c1-42-30-13-8-10-26(24-30)18-21-34(39)37-22-9-23-44-29-19-16-27(17-20-29)25-33(36(41)43-2)38-32-15-7-6-14-31(32)35(40)28-11-4-3-5-12-28/h3-8,10-17,19-20,24,33,38H,9,18,21-23,25H2,1-2H3,(H,37,39)/t33-/m0/s1. The Balaban J connectivity index is 1.24. The van der Waals surface area contributed by atoms with Crippen LogP contribution in [-0.4, -0.2) is 51.1 Å². The van der Waals surface area contributed by atoms with E-state index in [1.807, 2.05) is 72.8 Å². The van der Waals surface area contributed by atoms with E-state index in [2.05, 4.69) is 10.6 Å². The van der Waals surface area contributed by atoms with Gasteiger partial charge in [0.1, 0.15) is 17.5 Å². The number of nitrogens with one attached hydrogen (secondary N) is 2. The molecule has 2 N–H and O–H groups in total. The van der Waals surface area contributed by atoms with Gasteiger partial charge in [-0.2, -0.15) is 0 Å². The first-order valence-corrected chi connectivity index (χ1v) is 14.6. The fraction of sp³-hybridized carbons (Fsp3) is 0.250. The molecule has 0 fully saturated rings. The van der Waals surface area contributed by atoms with Crippen LogP contribution < -0.4 is 20.1 Å². The Labute approximate surface area is 258 Å². The lowest BCUT2D eigenvalue weighted by Crippen LogP contribution is -2.33. The molecule has 0 aliphatic carbocycles. The van der Waals surface area contributed by atoms with E-state index in [1.165, 1.54) is 7.11 Å². The van der Waals surface area contributed by atoms with Crippen LogP contribution in [0.1, 0.15) is 39.9 Å². The molecule has 4 aromatic carbocycles. The van der Waals surface area contributed by atoms with Crippen molar-refractivity contribution in [1.82, 2.24) is 5.32 Å². The lowest BCUT2D eigenvalue weighted by molar-refractivity contribution is -0.141. The number of para-hydroxylation sites is 1. The molecule has 44 heavy (non-hydrogen) atoms. The molecular weight excluding hydrogens is 556 g/mol. The van der Waals surface area contributed by atoms with Crippen molar-refractivity contribution in [2.45, 2.75) is 31.7 Å². The minimum absolute atomic E-state index is 0.00185. The summed E-state index contributed by atoms with van der Waals surface area (Å²) >= 11 is 0. The van der Waals surface area contributed by atoms with Crippen LogP contribution in [0.2, 0.25) is 0 Å². The van der Waals surface area contributed by atoms with Crippen LogP contribution in [0.15, 0.2) is 103 Å². The molecule has 1 atom stereocenters. The second kappa shape index (κ2) is 16.5. The van der Waals surface area contributed by atoms with Gasteiger partial charge in [-0.25, -0.2) is 4.79 Å². The highest BCUT2D eigenvalue weighted by Gasteiger charge is 2.22. The molecule has 0 unspecified atom stereocenters. The summed E-state index contributed by atoms with van der Waals surface area (Å²) < 4.78 is 16.1. The van der Waals surface area contributed by atoms with Gasteiger partial charge in [0, 0.05) is 36.2 Å². The Morgan fingerprint density at radius 3 is 2.27 bits per heavy atom. The van der Waals surface area contributed by atoms with E-state index in [4.69, 9.17) is 14.2 Å². The molecule has 8 heteroatoms. The number of hydrogen-bond acceptors (Lipinski definition) is 7. The normalized spacial score (nSPS) is 11.2. The van der Waals surface area contributed by atoms with Crippen molar-refractivity contribution in [3.63, 3.8) is 0 Å². The van der Waals surface area contributed by atoms with Crippen molar-refractivity contribution in [2.24, 2.45) is 0 Å². The average molecular weight is 595 g/mol. The summed E-state index contributed by atoms with van der Waals surface area (Å²) in [4.78, 5) is 38.0. The summed E-state index contributed by atoms with van der Waals surface area (Å²) in [5, 5.41) is 6.16. The van der Waals surface area contributed by atoms with Crippen LogP contribution >= 0.6 is 0 Å². The first-order chi connectivity index (χ1) is 21.5. The van der Waals surface area contributed by atoms with Crippen LogP contribution in [0.25, 0.3) is 0 Å². The maximum atomic E-state index is 13.2. The molecule has 0 aliphatic rings. The summed E-state index contributed by atoms with van der Waals surface area (Å²) in [6.07, 6.45) is 2.08. The molecule has 0 aromatic heterocycles. The van der Waals surface area contributed by atoms with E-state index in [9.17, 15) is 14.4 Å². The fourth-order valence-corrected chi connectivity index (χ4v) is 4.70. The van der Waals surface area contributed by atoms with Crippen molar-refractivity contribution >= 4 is 23.3 Å². The number of esters is 1. The molecule has 228 valence electrons. The van der Waals surface area contributed by atoms with E-state index in [0.29, 0.717) is 61.4 Å². The molecule has 0 spiro atoms. The van der Waals surface area contributed by atoms with Gasteiger partial charge in [-0.15, -0.1) is 0 Å². The Morgan fingerprint density at radius 1 is 0.773 bits per heavy atom. The van der Waals surface area contributed by atoms with Crippen molar-refractivity contribution in [1.29, 1.82) is 0 Å². The van der Waals surface area contributed by atoms with Crippen molar-refractivity contribution < 1.29 is 28.6 Å². The van der Waals surface area contributed by atoms with E-state index >= 15 is 0 Å². The summed E-state index contributed by atoms with van der Waals surface area (Å²) in [6, 6.07) is 30.7. The average Bonchev–Trinajstić information content (AvgIpc) is 3.07. The summed E-state index contributed by atoms with van der Waals surface area (Å²) in [5.41, 5.74) is 3.56. The van der Waals surface area contributed by atoms with Crippen molar-refractivity contribution in [3.8, 4) is 11.5 Å². The third-order valence-electron chi connectivity index (χ3n) is 7.07. The Hall–Kier alpha value is -5.11. The number of hydrogen-bond donors (Lipinski definition) is 2. The minimum atomic E-state index is -0.705. The SMILES string of the molecule is COC(=O)[C@H](Cc1ccc(OCCCNC(=O)CCc2cccc(OC)c2)cc1)Nc1ccccc1C(=O)c1ccccc1. The van der Waals surface area contributed by atoms with Gasteiger partial charge in [0.2, 0.25) is 5.91 Å². The second-order valence-electron chi connectivity index (χ2n) is 10.2. The van der Waals surface area contributed by atoms with Gasteiger partial charge in [0.15, 0.2) is 5.78 Å². The highest BCUT2D eigenvalue weighted by Crippen LogP contribution is 2.22. The van der Waals surface area contributed by atoms with Gasteiger partial charge in [-0.1, -0.05) is 66.7 Å². The Bertz CT molecular complexity index is 1520. The lowest BCUT2D eigenvalue weighted by Gasteiger charge is -2.20. The zero-order valence-corrected chi connectivity index (χ0v) is 25.1. The first kappa shape index (κ1) is 31.8. The molecule has 4 aromatic rings. The quantitative estimate of drug-likeness (QED) is 0.0983. The third-order valence-corrected chi connectivity index (χ3v) is 7.07. The number of rotatable bonds is 16. The van der Waals surface area contributed by atoms with Crippen LogP contribution in [0.4, 0.5) is 5.69 Å². The number of ketones is 1. The molecule has 0 saturated heterocycles. The predicted octanol–water partition coefficient (Wildman–Crippen LogP) is 5.64. The predicted molar refractivity (Wildman–Crippen MR) is 170 cm³/mol. The number of carbonyl (C=O) groups is 3. The van der Waals surface area contributed by atoms with Crippen LogP contribution in [0, 0.1) is 0 Å². The number of ether oxygens (including phenoxy) is 3. The summed E-state index contributed by atoms with van der Waals surface area (Å²) in [7, 11) is 2.97. The largest absolute Gasteiger partial charge is 0.497 e. The van der Waals surface area contributed by atoms with Crippen LogP contribution in [0.5, 0.6) is 11.5 Å². The summed E-state index contributed by atoms with van der Waals surface area (Å²) in [5.74, 6) is 0.910. The second-order valence-corrected chi connectivity index (χ2v) is 10.2. The molecule has 8 nitrogen and oxygen atoms in total. The Kier molecular flexibility index (Phi) is 11.9. The monoisotopic (exact) mass is 594 g/mol. The zero-order chi connectivity index (χ0) is 31.1. The smallest absolute Gasteiger partial charge is 0.328 e. The fourth-order valence-electron chi connectivity index (χ4n) is 4.70. The molecule has 0 aliphatic heterocycles. The maximum Gasteiger partial charge on any atom is 0.328 e. The van der Waals surface area contributed by atoms with Gasteiger partial charge in [-0.05, 0) is 60.4 Å². The number of aryl methyl sites for hydroxylation is 1. The highest BCUT2D eigenvalue weighted by atomic mass is 16.5. The molecule has 0 heterocycles. The van der Waals surface area contributed by atoms with Gasteiger partial charge >= 0.3 is 5.97 Å². The topological polar surface area (TPSA) is 103 Å². The number of methoxy groups -OCH3 is 2. The lowest BCUT2D eigenvalue weighted by atomic mass is 10.00. The maximum absolute atomic E-state index is 13.2. The molecule has 1 amide bonds. The molecule has 0 saturated carbocycles. The van der Waals surface area contributed by atoms with Gasteiger partial charge in [0.25, 0.3) is 0 Å². The first-order valence-electron chi connectivity index (χ1n) is 14.6. The number of benzene rings is 4. The molecule has 4 rings (SSSR count). The summed E-state index contributed by atoms with van der Waals surface area (Å²) in [6.45, 7) is 0.976. The van der Waals surface area contributed by atoms with E-state index < -0.39 is 12.0 Å². The van der Waals surface area contributed by atoms with Crippen LogP contribution in [-0.2, 0) is 27.2 Å². The van der Waals surface area contributed by atoms with E-state index in [-0.39, 0.29) is 11.7 Å². The van der Waals surface area contributed by atoms with E-state index in [0.717, 1.165) is 16.9 Å². The highest BCUT2D eigenvalue weighted by molar-refractivity contribution is 6.12.